The quantitative estimate of drug-likeness (QED) is 0.362. The van der Waals surface area contributed by atoms with Crippen molar-refractivity contribution in [1.29, 1.82) is 0 Å². The van der Waals surface area contributed by atoms with Crippen LogP contribution in [0.2, 0.25) is 0 Å². The highest BCUT2D eigenvalue weighted by Crippen LogP contribution is 2.24. The molecule has 8 nitrogen and oxygen atoms in total. The van der Waals surface area contributed by atoms with Crippen molar-refractivity contribution in [3.05, 3.63) is 10.4 Å². The molecule has 0 radical (unpaired) electrons. The molecule has 1 aliphatic heterocycles. The van der Waals surface area contributed by atoms with E-state index < -0.39 is 30.4 Å². The molecule has 1 rings (SSSR count). The van der Waals surface area contributed by atoms with Crippen LogP contribution in [0.3, 0.4) is 0 Å². The van der Waals surface area contributed by atoms with Crippen LogP contribution in [0, 0.1) is 0 Å². The number of nitrogens with zero attached hydrogens (tertiary/aromatic N) is 3. The fourth-order valence-corrected chi connectivity index (χ4v) is 1.39. The summed E-state index contributed by atoms with van der Waals surface area (Å²) in [5, 5.41) is 15.3. The number of likely N-dealkylation sites (N-methyl/N-ethyl adjacent to an activating group) is 1. The molecule has 15 heavy (non-hydrogen) atoms. The molecule has 0 aromatic carbocycles. The fourth-order valence-electron chi connectivity index (χ4n) is 1.39. The number of hydrogen-bond acceptors (Lipinski definition) is 5. The second-order valence-corrected chi connectivity index (χ2v) is 2.96. The molecule has 1 fully saturated rings. The molecule has 0 spiro atoms. The molecule has 0 aromatic heterocycles. The third-order valence-corrected chi connectivity index (χ3v) is 2.14. The number of hydrogen-bond donors (Lipinski definition) is 2. The van der Waals surface area contributed by atoms with Gasteiger partial charge < -0.3 is 19.9 Å². The molecule has 4 atom stereocenters. The van der Waals surface area contributed by atoms with Crippen molar-refractivity contribution in [1.82, 2.24) is 5.32 Å². The van der Waals surface area contributed by atoms with Gasteiger partial charge in [0.15, 0.2) is 12.4 Å². The molecule has 0 saturated carbocycles. The minimum Gasteiger partial charge on any atom is -0.387 e. The summed E-state index contributed by atoms with van der Waals surface area (Å²) < 4.78 is 9.88. The largest absolute Gasteiger partial charge is 0.387 e. The third kappa shape index (κ3) is 2.18. The molecular weight excluding hydrogens is 204 g/mol. The molecule has 8 heteroatoms. The van der Waals surface area contributed by atoms with Crippen LogP contribution in [0.5, 0.6) is 0 Å². The lowest BCUT2D eigenvalue weighted by atomic mass is 10.1. The lowest BCUT2D eigenvalue weighted by molar-refractivity contribution is -0.160. The zero-order valence-corrected chi connectivity index (χ0v) is 8.32. The molecule has 1 heterocycles. The first-order chi connectivity index (χ1) is 7.15. The molecule has 0 aromatic rings. The maximum absolute atomic E-state index is 11.3. The van der Waals surface area contributed by atoms with Crippen LogP contribution >= 0.6 is 0 Å². The Morgan fingerprint density at radius 1 is 1.73 bits per heavy atom. The zero-order valence-electron chi connectivity index (χ0n) is 8.32. The number of amides is 1. The first kappa shape index (κ1) is 11.7. The van der Waals surface area contributed by atoms with E-state index in [4.69, 9.17) is 15.0 Å². The number of azide groups is 1. The summed E-state index contributed by atoms with van der Waals surface area (Å²) in [7, 11) is 2.75. The second-order valence-electron chi connectivity index (χ2n) is 2.96. The average Bonchev–Trinajstić information content (AvgIpc) is 2.56. The second kappa shape index (κ2) is 4.94. The van der Waals surface area contributed by atoms with Gasteiger partial charge >= 0.3 is 0 Å². The summed E-state index contributed by atoms with van der Waals surface area (Å²) in [6, 6.07) is -0.972. The van der Waals surface area contributed by atoms with Gasteiger partial charge in [-0.25, -0.2) is 0 Å². The van der Waals surface area contributed by atoms with E-state index in [1.165, 1.54) is 14.2 Å². The van der Waals surface area contributed by atoms with Gasteiger partial charge in [0.1, 0.15) is 12.1 Å². The van der Waals surface area contributed by atoms with Gasteiger partial charge in [-0.2, -0.15) is 0 Å². The number of aliphatic hydroxyl groups is 1. The van der Waals surface area contributed by atoms with Gasteiger partial charge in [-0.15, -0.1) is 0 Å². The van der Waals surface area contributed by atoms with E-state index in [1.54, 1.807) is 0 Å². The predicted molar refractivity (Wildman–Crippen MR) is 48.7 cm³/mol. The van der Waals surface area contributed by atoms with Gasteiger partial charge in [-0.05, 0) is 5.53 Å². The molecule has 0 bridgehead atoms. The summed E-state index contributed by atoms with van der Waals surface area (Å²) in [4.78, 5) is 13.9. The smallest absolute Gasteiger partial charge is 0.249 e. The number of aliphatic hydroxyl groups excluding tert-OH is 1. The van der Waals surface area contributed by atoms with Crippen molar-refractivity contribution in [2.24, 2.45) is 5.11 Å². The van der Waals surface area contributed by atoms with Crippen molar-refractivity contribution in [3.8, 4) is 0 Å². The highest BCUT2D eigenvalue weighted by molar-refractivity contribution is 5.81. The van der Waals surface area contributed by atoms with Crippen LogP contribution < -0.4 is 5.32 Å². The first-order valence-corrected chi connectivity index (χ1v) is 4.27. The van der Waals surface area contributed by atoms with Gasteiger partial charge in [0.25, 0.3) is 0 Å². The number of rotatable bonds is 3. The highest BCUT2D eigenvalue weighted by Gasteiger charge is 2.46. The summed E-state index contributed by atoms with van der Waals surface area (Å²) in [5.74, 6) is -0.467. The third-order valence-electron chi connectivity index (χ3n) is 2.14. The van der Waals surface area contributed by atoms with Crippen molar-refractivity contribution in [2.45, 2.75) is 24.5 Å². The summed E-state index contributed by atoms with van der Waals surface area (Å²) in [6.45, 7) is 0. The van der Waals surface area contributed by atoms with E-state index in [1.807, 2.05) is 0 Å². The predicted octanol–water partition coefficient (Wildman–Crippen LogP) is -0.856. The van der Waals surface area contributed by atoms with Crippen LogP contribution in [0.15, 0.2) is 5.11 Å². The van der Waals surface area contributed by atoms with Crippen molar-refractivity contribution >= 4 is 5.91 Å². The lowest BCUT2D eigenvalue weighted by Gasteiger charge is -2.12. The Kier molecular flexibility index (Phi) is 3.87. The molecule has 0 aliphatic carbocycles. The molecule has 2 N–H and O–H groups in total. The number of carbonyl (C=O) groups excluding carboxylic acids is 1. The van der Waals surface area contributed by atoms with E-state index in [2.05, 4.69) is 15.3 Å². The van der Waals surface area contributed by atoms with Gasteiger partial charge in [0.05, 0.1) is 0 Å². The average molecular weight is 216 g/mol. The molecule has 1 amide bonds. The van der Waals surface area contributed by atoms with E-state index in [0.717, 1.165) is 0 Å². The minimum atomic E-state index is -1.15. The van der Waals surface area contributed by atoms with Crippen molar-refractivity contribution in [2.75, 3.05) is 14.2 Å². The van der Waals surface area contributed by atoms with E-state index >= 15 is 0 Å². The van der Waals surface area contributed by atoms with E-state index in [-0.39, 0.29) is 0 Å². The maximum Gasteiger partial charge on any atom is 0.249 e. The zero-order chi connectivity index (χ0) is 11.4. The lowest BCUT2D eigenvalue weighted by Crippen LogP contribution is -2.40. The van der Waals surface area contributed by atoms with Crippen LogP contribution in [0.1, 0.15) is 0 Å². The Labute approximate surface area is 85.8 Å². The van der Waals surface area contributed by atoms with Gasteiger partial charge in [-0.1, -0.05) is 5.11 Å². The van der Waals surface area contributed by atoms with Crippen molar-refractivity contribution in [3.63, 3.8) is 0 Å². The van der Waals surface area contributed by atoms with Crippen LogP contribution in [0.25, 0.3) is 10.4 Å². The Hall–Kier alpha value is -1.34. The fraction of sp³-hybridized carbons (Fsp3) is 0.857. The number of nitrogens with one attached hydrogen (secondary N) is 1. The Morgan fingerprint density at radius 2 is 2.40 bits per heavy atom. The van der Waals surface area contributed by atoms with Crippen LogP contribution in [-0.4, -0.2) is 49.7 Å². The maximum atomic E-state index is 11.3. The molecule has 1 unspecified atom stereocenters. The van der Waals surface area contributed by atoms with E-state index in [9.17, 15) is 9.90 Å². The van der Waals surface area contributed by atoms with E-state index in [0.29, 0.717) is 0 Å². The minimum absolute atomic E-state index is 0.467. The molecule has 84 valence electrons. The first-order valence-electron chi connectivity index (χ1n) is 4.27. The standard InChI is InChI=1S/C7H12N4O4/c1-9-6(13)5-3(10-11-8)4(12)7(14-2)15-5/h3-5,7,12H,1-2H3,(H,9,13)/t3-,4+,5-,7?/m0/s1. The van der Waals surface area contributed by atoms with Crippen LogP contribution in [0.4, 0.5) is 0 Å². The monoisotopic (exact) mass is 216 g/mol. The summed E-state index contributed by atoms with van der Waals surface area (Å²) in [6.07, 6.45) is -3.12. The normalized spacial score (nSPS) is 34.6. The summed E-state index contributed by atoms with van der Waals surface area (Å²) >= 11 is 0. The Balaban J connectivity index is 2.86. The molecule has 1 aliphatic rings. The van der Waals surface area contributed by atoms with Crippen LogP contribution in [-0.2, 0) is 14.3 Å². The number of methoxy groups -OCH3 is 1. The Bertz CT molecular complexity index is 291. The highest BCUT2D eigenvalue weighted by atomic mass is 16.7. The molecule has 1 saturated heterocycles. The Morgan fingerprint density at radius 3 is 2.87 bits per heavy atom. The van der Waals surface area contributed by atoms with Gasteiger partial charge in [0.2, 0.25) is 5.91 Å². The summed E-state index contributed by atoms with van der Waals surface area (Å²) in [5.41, 5.74) is 8.29. The van der Waals surface area contributed by atoms with Gasteiger partial charge in [0, 0.05) is 19.1 Å². The van der Waals surface area contributed by atoms with Gasteiger partial charge in [-0.3, -0.25) is 4.79 Å². The van der Waals surface area contributed by atoms with Crippen molar-refractivity contribution < 1.29 is 19.4 Å². The number of carbonyl (C=O) groups is 1. The SMILES string of the molecule is CNC(=O)[C@H]1OC(OC)[C@H](O)[C@@H]1N=[N+]=[N-]. The topological polar surface area (TPSA) is 117 Å². The molecular formula is C7H12N4O4. The number of ether oxygens (including phenoxy) is 2.